The van der Waals surface area contributed by atoms with Crippen LogP contribution < -0.4 is 4.40 Å². The molecule has 0 aliphatic heterocycles. The molecule has 6 heteroatoms. The van der Waals surface area contributed by atoms with E-state index >= 15 is 0 Å². The molecule has 7 aromatic rings. The first-order valence-electron chi connectivity index (χ1n) is 18.2. The monoisotopic (exact) mass is 926 g/mol. The van der Waals surface area contributed by atoms with Crippen molar-refractivity contribution in [3.8, 4) is 33.8 Å². The Hall–Kier alpha value is -3.90. The van der Waals surface area contributed by atoms with Crippen molar-refractivity contribution >= 4 is 39.7 Å². The van der Waals surface area contributed by atoms with Crippen molar-refractivity contribution in [3.63, 3.8) is 0 Å². The van der Waals surface area contributed by atoms with Crippen LogP contribution in [0.5, 0.6) is 0 Å². The van der Waals surface area contributed by atoms with Crippen LogP contribution in [0.2, 0.25) is 17.3 Å². The summed E-state index contributed by atoms with van der Waals surface area (Å²) in [5, 5.41) is 2.07. The molecule has 0 saturated carbocycles. The van der Waals surface area contributed by atoms with E-state index in [1.165, 1.54) is 26.6 Å². The van der Waals surface area contributed by atoms with Crippen LogP contribution in [-0.2, 0) is 26.5 Å². The first-order chi connectivity index (χ1) is 24.4. The van der Waals surface area contributed by atoms with E-state index in [0.717, 1.165) is 51.0 Å². The number of rotatable bonds is 8. The SMILES string of the molecule is CC(C)Cc1ccnc(-c2[c-]ccc3c2oc2nc(-c4c(C(C)C)cccc4C(C)C)ccc23)c1.[CH3][Ge]([CH3])([CH3])[c]1ccc(-c2[c-]cccc2)nc1.[Ir]. The molecule has 4 heterocycles. The molecule has 0 atom stereocenters. The van der Waals surface area contributed by atoms with Crippen molar-refractivity contribution in [2.24, 2.45) is 5.92 Å². The predicted octanol–water partition coefficient (Wildman–Crippen LogP) is 12.0. The van der Waals surface area contributed by atoms with Crippen LogP contribution in [0, 0.1) is 18.1 Å². The van der Waals surface area contributed by atoms with Gasteiger partial charge in [0, 0.05) is 37.3 Å². The Balaban J connectivity index is 0.000000258. The zero-order chi connectivity index (χ0) is 36.3. The molecule has 0 bridgehead atoms. The van der Waals surface area contributed by atoms with E-state index in [9.17, 15) is 0 Å². The third-order valence-electron chi connectivity index (χ3n) is 9.27. The average Bonchev–Trinajstić information content (AvgIpc) is 3.49. The van der Waals surface area contributed by atoms with Gasteiger partial charge < -0.3 is 9.40 Å². The first kappa shape index (κ1) is 39.3. The van der Waals surface area contributed by atoms with E-state index in [-0.39, 0.29) is 20.1 Å². The third kappa shape index (κ3) is 8.82. The van der Waals surface area contributed by atoms with E-state index in [0.29, 0.717) is 23.5 Å². The van der Waals surface area contributed by atoms with Crippen molar-refractivity contribution in [2.75, 3.05) is 0 Å². The van der Waals surface area contributed by atoms with E-state index in [1.807, 2.05) is 42.7 Å². The van der Waals surface area contributed by atoms with Crippen molar-refractivity contribution in [2.45, 2.75) is 77.1 Å². The minimum absolute atomic E-state index is 0. The fourth-order valence-electron chi connectivity index (χ4n) is 6.56. The van der Waals surface area contributed by atoms with Gasteiger partial charge in [-0.3, -0.25) is 0 Å². The second-order valence-electron chi connectivity index (χ2n) is 15.5. The summed E-state index contributed by atoms with van der Waals surface area (Å²) in [6, 6.07) is 38.0. The van der Waals surface area contributed by atoms with Crippen LogP contribution in [0.1, 0.15) is 70.1 Å². The molecule has 7 rings (SSSR count). The zero-order valence-corrected chi connectivity index (χ0v) is 36.3. The molecule has 1 radical (unpaired) electrons. The van der Waals surface area contributed by atoms with E-state index in [1.54, 1.807) is 0 Å². The maximum atomic E-state index is 6.44. The molecule has 0 aliphatic carbocycles. The third-order valence-corrected chi connectivity index (χ3v) is 13.5. The number of hydrogen-bond donors (Lipinski definition) is 0. The number of aromatic nitrogens is 3. The van der Waals surface area contributed by atoms with Crippen molar-refractivity contribution in [1.29, 1.82) is 0 Å². The summed E-state index contributed by atoms with van der Waals surface area (Å²) < 4.78 is 7.88. The molecule has 0 N–H and O–H groups in total. The second-order valence-corrected chi connectivity index (χ2v) is 26.1. The van der Waals surface area contributed by atoms with Gasteiger partial charge >= 0.3 is 99.8 Å². The maximum Gasteiger partial charge on any atom is 0 e. The van der Waals surface area contributed by atoms with Crippen LogP contribution in [0.4, 0.5) is 0 Å². The number of pyridine rings is 3. The molecule has 269 valence electrons. The Kier molecular flexibility index (Phi) is 12.7. The van der Waals surface area contributed by atoms with Gasteiger partial charge in [-0.25, -0.2) is 4.98 Å². The summed E-state index contributed by atoms with van der Waals surface area (Å²) in [4.78, 5) is 14.2. The van der Waals surface area contributed by atoms with Gasteiger partial charge in [-0.15, -0.1) is 18.2 Å². The second kappa shape index (κ2) is 16.8. The van der Waals surface area contributed by atoms with Gasteiger partial charge in [-0.1, -0.05) is 82.3 Å². The quantitative estimate of drug-likeness (QED) is 0.113. The summed E-state index contributed by atoms with van der Waals surface area (Å²) in [6.07, 6.45) is 4.94. The number of fused-ring (bicyclic) bond motifs is 3. The summed E-state index contributed by atoms with van der Waals surface area (Å²) >= 11 is -1.72. The Morgan fingerprint density at radius 2 is 1.42 bits per heavy atom. The van der Waals surface area contributed by atoms with Gasteiger partial charge in [0.05, 0.1) is 11.3 Å². The van der Waals surface area contributed by atoms with Crippen molar-refractivity contribution < 1.29 is 24.5 Å². The molecule has 4 aromatic heterocycles. The summed E-state index contributed by atoms with van der Waals surface area (Å²) in [7, 11) is 0. The maximum absolute atomic E-state index is 6.44. The molecular formula is C46H49GeIrN3O-2. The van der Waals surface area contributed by atoms with Gasteiger partial charge in [-0.05, 0) is 59.2 Å². The first-order valence-corrected chi connectivity index (χ1v) is 25.5. The minimum Gasteiger partial charge on any atom is 0 e. The van der Waals surface area contributed by atoms with E-state index in [2.05, 4.69) is 142 Å². The van der Waals surface area contributed by atoms with Crippen LogP contribution in [0.15, 0.2) is 108 Å². The van der Waals surface area contributed by atoms with Crippen LogP contribution in [-0.4, -0.2) is 28.2 Å². The molecule has 0 fully saturated rings. The number of benzene rings is 3. The fraction of sp³-hybridized carbons (Fsp3) is 0.283. The van der Waals surface area contributed by atoms with Gasteiger partial charge in [0.1, 0.15) is 0 Å². The van der Waals surface area contributed by atoms with Gasteiger partial charge in [0.15, 0.2) is 0 Å². The molecule has 3 aromatic carbocycles. The molecule has 0 saturated heterocycles. The normalized spacial score (nSPS) is 11.6. The minimum atomic E-state index is -1.72. The molecule has 0 spiro atoms. The molecular weight excluding hydrogens is 875 g/mol. The predicted molar refractivity (Wildman–Crippen MR) is 217 cm³/mol. The van der Waals surface area contributed by atoms with E-state index in [4.69, 9.17) is 9.40 Å². The van der Waals surface area contributed by atoms with Crippen molar-refractivity contribution in [3.05, 3.63) is 132 Å². The largest absolute Gasteiger partial charge is 0 e. The summed E-state index contributed by atoms with van der Waals surface area (Å²) in [5.41, 5.74) is 11.4. The number of hydrogen-bond acceptors (Lipinski definition) is 4. The number of furan rings is 1. The molecule has 4 nitrogen and oxygen atoms in total. The average molecular weight is 925 g/mol. The zero-order valence-electron chi connectivity index (χ0n) is 31.8. The van der Waals surface area contributed by atoms with Crippen LogP contribution in [0.25, 0.3) is 55.8 Å². The van der Waals surface area contributed by atoms with Gasteiger partial charge in [0.25, 0.3) is 0 Å². The van der Waals surface area contributed by atoms with Crippen LogP contribution >= 0.6 is 0 Å². The van der Waals surface area contributed by atoms with Crippen molar-refractivity contribution in [1.82, 2.24) is 15.0 Å². The Labute approximate surface area is 326 Å². The van der Waals surface area contributed by atoms with Gasteiger partial charge in [-0.2, -0.15) is 0 Å². The summed E-state index contributed by atoms with van der Waals surface area (Å²) in [5.74, 6) is 8.54. The molecule has 52 heavy (non-hydrogen) atoms. The standard InChI is InChI=1S/C32H33N2O.C14H16GeN.Ir/c1-19(2)17-22-15-16-33-29(18-22)27-12-8-11-25-26-13-14-28(34-32(26)35-31(25)27)30-23(20(3)4)9-7-10-24(30)21(5)6;1-15(2,3)13-9-10-14(16-11-13)12-7-5-4-6-8-12;/h7-11,13-16,18-21H,17H2,1-6H3;4-7,9-11H,1-3H3;/q2*-1;. The molecule has 0 unspecified atom stereocenters. The summed E-state index contributed by atoms with van der Waals surface area (Å²) in [6.45, 7) is 13.4. The number of nitrogens with zero attached hydrogens (tertiary/aromatic N) is 3. The van der Waals surface area contributed by atoms with E-state index < -0.39 is 13.3 Å². The smallest absolute Gasteiger partial charge is 0 e. The van der Waals surface area contributed by atoms with Crippen LogP contribution in [0.3, 0.4) is 0 Å². The fourth-order valence-corrected chi connectivity index (χ4v) is 8.73. The molecule has 0 amide bonds. The Bertz CT molecular complexity index is 2220. The Morgan fingerprint density at radius 3 is 2.04 bits per heavy atom. The Morgan fingerprint density at radius 1 is 0.692 bits per heavy atom. The molecule has 0 aliphatic rings. The topological polar surface area (TPSA) is 51.8 Å². The van der Waals surface area contributed by atoms with Gasteiger partial charge in [0.2, 0.25) is 5.71 Å².